The fourth-order valence-corrected chi connectivity index (χ4v) is 2.89. The first-order valence-electron chi connectivity index (χ1n) is 9.31. The summed E-state index contributed by atoms with van der Waals surface area (Å²) in [7, 11) is 0. The van der Waals surface area contributed by atoms with Crippen LogP contribution in [0.2, 0.25) is 0 Å². The van der Waals surface area contributed by atoms with Crippen molar-refractivity contribution in [3.8, 4) is 11.5 Å². The Balaban J connectivity index is 2.66. The Kier molecular flexibility index (Phi) is 9.03. The van der Waals surface area contributed by atoms with E-state index in [0.29, 0.717) is 23.8 Å². The average Bonchev–Trinajstić information content (AvgIpc) is 2.58. The van der Waals surface area contributed by atoms with Gasteiger partial charge in [-0.1, -0.05) is 29.9 Å². The molecule has 0 fully saturated rings. The van der Waals surface area contributed by atoms with E-state index in [2.05, 4.69) is 39.5 Å². The predicted octanol–water partition coefficient (Wildman–Crippen LogP) is 5.15. The lowest BCUT2D eigenvalue weighted by Gasteiger charge is -2.17. The zero-order valence-corrected chi connectivity index (χ0v) is 16.9. The molecule has 4 nitrogen and oxygen atoms in total. The topological polar surface area (TPSA) is 77.8 Å². The molecule has 0 saturated carbocycles. The summed E-state index contributed by atoms with van der Waals surface area (Å²) in [5.41, 5.74) is 4.06. The number of allylic oxidation sites excluding steroid dienone is 4. The molecule has 27 heavy (non-hydrogen) atoms. The molecule has 0 saturated heterocycles. The van der Waals surface area contributed by atoms with E-state index in [1.54, 1.807) is 6.92 Å². The number of aromatic hydroxyl groups is 2. The van der Waals surface area contributed by atoms with Gasteiger partial charge in [0.2, 0.25) is 0 Å². The maximum Gasteiger partial charge on any atom is 0.154 e. The van der Waals surface area contributed by atoms with E-state index >= 15 is 0 Å². The van der Waals surface area contributed by atoms with Crippen molar-refractivity contribution in [2.75, 3.05) is 0 Å². The lowest BCUT2D eigenvalue weighted by Crippen LogP contribution is -2.14. The zero-order chi connectivity index (χ0) is 20.6. The Hall–Kier alpha value is -2.33. The second-order valence-corrected chi connectivity index (χ2v) is 7.36. The SMILES string of the molecule is C=C(CC/C=C(\C)CCC=C(C)C)C(O)Cc1c(O)cc(C)c(C=O)c1O. The third kappa shape index (κ3) is 7.06. The van der Waals surface area contributed by atoms with Crippen molar-refractivity contribution in [2.24, 2.45) is 0 Å². The number of rotatable bonds is 10. The van der Waals surface area contributed by atoms with Crippen LogP contribution in [0.15, 0.2) is 41.5 Å². The molecule has 0 aromatic heterocycles. The highest BCUT2D eigenvalue weighted by molar-refractivity contribution is 5.83. The highest BCUT2D eigenvalue weighted by atomic mass is 16.3. The second kappa shape index (κ2) is 10.7. The first-order chi connectivity index (χ1) is 12.7. The minimum Gasteiger partial charge on any atom is -0.508 e. The molecule has 0 heterocycles. The van der Waals surface area contributed by atoms with E-state index in [1.807, 2.05) is 0 Å². The predicted molar refractivity (Wildman–Crippen MR) is 110 cm³/mol. The van der Waals surface area contributed by atoms with Gasteiger partial charge in [0.1, 0.15) is 11.5 Å². The molecule has 148 valence electrons. The van der Waals surface area contributed by atoms with Crippen LogP contribution in [0.1, 0.15) is 67.9 Å². The van der Waals surface area contributed by atoms with Gasteiger partial charge in [-0.2, -0.15) is 0 Å². The summed E-state index contributed by atoms with van der Waals surface area (Å²) in [6, 6.07) is 1.42. The van der Waals surface area contributed by atoms with Gasteiger partial charge in [-0.15, -0.1) is 0 Å². The number of carbonyl (C=O) groups excluding carboxylic acids is 1. The molecule has 0 aliphatic carbocycles. The molecule has 0 aliphatic heterocycles. The lowest BCUT2D eigenvalue weighted by atomic mass is 9.94. The van der Waals surface area contributed by atoms with Gasteiger partial charge in [0, 0.05) is 12.0 Å². The van der Waals surface area contributed by atoms with Crippen LogP contribution in [-0.4, -0.2) is 27.7 Å². The third-order valence-corrected chi connectivity index (χ3v) is 4.66. The van der Waals surface area contributed by atoms with Crippen LogP contribution in [0, 0.1) is 6.92 Å². The van der Waals surface area contributed by atoms with Crippen molar-refractivity contribution in [3.63, 3.8) is 0 Å². The molecule has 0 spiro atoms. The minimum absolute atomic E-state index is 0.0148. The van der Waals surface area contributed by atoms with Gasteiger partial charge in [0.15, 0.2) is 6.29 Å². The van der Waals surface area contributed by atoms with Gasteiger partial charge in [-0.25, -0.2) is 0 Å². The minimum atomic E-state index is -0.900. The normalized spacial score (nSPS) is 12.6. The van der Waals surface area contributed by atoms with Gasteiger partial charge < -0.3 is 15.3 Å². The standard InChI is InChI=1S/C23H32O4/c1-15(2)8-6-9-16(3)10-7-11-17(4)21(25)13-19-22(26)12-18(5)20(14-24)23(19)27/h8,10,12,14,21,25-27H,4,6-7,9,11,13H2,1-3,5H3/b16-10+. The van der Waals surface area contributed by atoms with E-state index in [-0.39, 0.29) is 29.0 Å². The molecule has 1 aromatic rings. The van der Waals surface area contributed by atoms with E-state index in [1.165, 1.54) is 17.2 Å². The lowest BCUT2D eigenvalue weighted by molar-refractivity contribution is 0.112. The molecule has 1 aromatic carbocycles. The molecule has 1 unspecified atom stereocenters. The van der Waals surface area contributed by atoms with Gasteiger partial charge in [-0.3, -0.25) is 4.79 Å². The fraction of sp³-hybridized carbons (Fsp3) is 0.435. The van der Waals surface area contributed by atoms with Crippen molar-refractivity contribution in [1.82, 2.24) is 0 Å². The number of hydrogen-bond acceptors (Lipinski definition) is 4. The Bertz CT molecular complexity index is 737. The molecule has 0 aliphatic rings. The number of aliphatic hydroxyl groups is 1. The van der Waals surface area contributed by atoms with Crippen molar-refractivity contribution >= 4 is 6.29 Å². The molecule has 0 bridgehead atoms. The highest BCUT2D eigenvalue weighted by Gasteiger charge is 2.19. The summed E-state index contributed by atoms with van der Waals surface area (Å²) >= 11 is 0. The zero-order valence-electron chi connectivity index (χ0n) is 16.9. The molecule has 3 N–H and O–H groups in total. The van der Waals surface area contributed by atoms with Crippen LogP contribution >= 0.6 is 0 Å². The Morgan fingerprint density at radius 3 is 2.37 bits per heavy atom. The molecule has 1 rings (SSSR count). The van der Waals surface area contributed by atoms with E-state index < -0.39 is 6.10 Å². The molecule has 0 amide bonds. The quantitative estimate of drug-likeness (QED) is 0.392. The summed E-state index contributed by atoms with van der Waals surface area (Å²) in [4.78, 5) is 11.1. The highest BCUT2D eigenvalue weighted by Crippen LogP contribution is 2.34. The summed E-state index contributed by atoms with van der Waals surface area (Å²) < 4.78 is 0. The van der Waals surface area contributed by atoms with E-state index in [4.69, 9.17) is 0 Å². The van der Waals surface area contributed by atoms with Gasteiger partial charge in [-0.05, 0) is 70.6 Å². The smallest absolute Gasteiger partial charge is 0.154 e. The summed E-state index contributed by atoms with van der Waals surface area (Å²) in [5.74, 6) is -0.401. The van der Waals surface area contributed by atoms with Crippen LogP contribution < -0.4 is 0 Å². The largest absolute Gasteiger partial charge is 0.508 e. The molecule has 0 radical (unpaired) electrons. The average molecular weight is 373 g/mol. The van der Waals surface area contributed by atoms with E-state index in [9.17, 15) is 20.1 Å². The number of phenols is 2. The van der Waals surface area contributed by atoms with Crippen molar-refractivity contribution in [3.05, 3.63) is 58.2 Å². The van der Waals surface area contributed by atoms with Crippen molar-refractivity contribution in [1.29, 1.82) is 0 Å². The number of hydrogen-bond donors (Lipinski definition) is 3. The first-order valence-corrected chi connectivity index (χ1v) is 9.31. The Morgan fingerprint density at radius 2 is 1.78 bits per heavy atom. The number of carbonyl (C=O) groups is 1. The summed E-state index contributed by atoms with van der Waals surface area (Å²) in [6.07, 6.45) is 7.48. The van der Waals surface area contributed by atoms with Crippen molar-refractivity contribution < 1.29 is 20.1 Å². The van der Waals surface area contributed by atoms with Crippen molar-refractivity contribution in [2.45, 2.75) is 65.9 Å². The Morgan fingerprint density at radius 1 is 1.15 bits per heavy atom. The molecule has 1 atom stereocenters. The van der Waals surface area contributed by atoms with Crippen LogP contribution in [0.4, 0.5) is 0 Å². The van der Waals surface area contributed by atoms with Gasteiger partial charge >= 0.3 is 0 Å². The third-order valence-electron chi connectivity index (χ3n) is 4.66. The summed E-state index contributed by atoms with van der Waals surface area (Å²) in [6.45, 7) is 11.8. The first kappa shape index (κ1) is 22.7. The molecular formula is C23H32O4. The van der Waals surface area contributed by atoms with E-state index in [0.717, 1.165) is 19.3 Å². The molecular weight excluding hydrogens is 340 g/mol. The monoisotopic (exact) mass is 372 g/mol. The van der Waals surface area contributed by atoms with Crippen LogP contribution in [0.3, 0.4) is 0 Å². The second-order valence-electron chi connectivity index (χ2n) is 7.36. The van der Waals surface area contributed by atoms with Gasteiger partial charge in [0.25, 0.3) is 0 Å². The number of aldehydes is 1. The molecule has 4 heteroatoms. The Labute approximate surface area is 162 Å². The number of phenolic OH excluding ortho intramolecular Hbond substituents is 2. The maximum absolute atomic E-state index is 11.1. The van der Waals surface area contributed by atoms with Gasteiger partial charge in [0.05, 0.1) is 11.7 Å². The summed E-state index contributed by atoms with van der Waals surface area (Å²) in [5, 5.41) is 30.6. The number of benzene rings is 1. The number of aryl methyl sites for hydroxylation is 1. The fourth-order valence-electron chi connectivity index (χ4n) is 2.89. The number of aliphatic hydroxyl groups excluding tert-OH is 1. The van der Waals surface area contributed by atoms with Crippen LogP contribution in [0.5, 0.6) is 11.5 Å². The van der Waals surface area contributed by atoms with Crippen LogP contribution in [0.25, 0.3) is 0 Å². The maximum atomic E-state index is 11.1. The van der Waals surface area contributed by atoms with Crippen LogP contribution in [-0.2, 0) is 6.42 Å².